The van der Waals surface area contributed by atoms with Gasteiger partial charge in [0.25, 0.3) is 0 Å². The van der Waals surface area contributed by atoms with Gasteiger partial charge < -0.3 is 19.3 Å². The van der Waals surface area contributed by atoms with Gasteiger partial charge in [-0.2, -0.15) is 0 Å². The molecule has 4 aromatic carbocycles. The molecule has 8 nitrogen and oxygen atoms in total. The summed E-state index contributed by atoms with van der Waals surface area (Å²) >= 11 is 0. The van der Waals surface area contributed by atoms with Gasteiger partial charge in [-0.3, -0.25) is 19.6 Å². The van der Waals surface area contributed by atoms with Crippen LogP contribution in [0.2, 0.25) is 0 Å². The van der Waals surface area contributed by atoms with Crippen molar-refractivity contribution in [3.8, 4) is 0 Å². The second-order valence-electron chi connectivity index (χ2n) is 16.6. The van der Waals surface area contributed by atoms with Crippen molar-refractivity contribution >= 4 is 33.6 Å². The molecule has 2 amide bonds. The van der Waals surface area contributed by atoms with Crippen molar-refractivity contribution < 1.29 is 27.8 Å². The molecule has 0 unspecified atom stereocenters. The van der Waals surface area contributed by atoms with E-state index in [1.165, 1.54) is 49.9 Å². The van der Waals surface area contributed by atoms with E-state index < -0.39 is 0 Å². The normalized spacial score (nSPS) is 18.7. The van der Waals surface area contributed by atoms with Crippen LogP contribution in [0.5, 0.6) is 0 Å². The number of halogens is 2. The summed E-state index contributed by atoms with van der Waals surface area (Å²) in [6.07, 6.45) is 10.3. The smallest absolute Gasteiger partial charge is 0.223 e. The first-order valence-corrected chi connectivity index (χ1v) is 21.4. The van der Waals surface area contributed by atoms with Gasteiger partial charge in [-0.1, -0.05) is 72.8 Å². The molecule has 2 aromatic heterocycles. The van der Waals surface area contributed by atoms with Gasteiger partial charge in [-0.15, -0.1) is 0 Å². The summed E-state index contributed by atoms with van der Waals surface area (Å²) in [4.78, 5) is 38.9. The number of carbonyl (C=O) groups excluding carboxylic acids is 2. The van der Waals surface area contributed by atoms with Gasteiger partial charge in [0.1, 0.15) is 23.8 Å². The lowest BCUT2D eigenvalue weighted by Gasteiger charge is -2.35. The summed E-state index contributed by atoms with van der Waals surface area (Å²) in [6, 6.07) is 32.4. The number of aromatic nitrogens is 2. The average Bonchev–Trinajstić information content (AvgIpc) is 4.21. The number of ether oxygens (including phenoxy) is 2. The summed E-state index contributed by atoms with van der Waals surface area (Å²) in [5.74, 6) is 0.868. The van der Waals surface area contributed by atoms with Crippen LogP contribution >= 0.6 is 0 Å². The Hall–Kier alpha value is -5.58. The van der Waals surface area contributed by atoms with Crippen molar-refractivity contribution in [3.63, 3.8) is 0 Å². The molecule has 2 aliphatic heterocycles. The number of nitrogens with zero attached hydrogens (tertiary/aromatic N) is 4. The molecule has 2 saturated carbocycles. The number of carbonyl (C=O) groups is 2. The summed E-state index contributed by atoms with van der Waals surface area (Å²) < 4.78 is 40.3. The van der Waals surface area contributed by atoms with E-state index in [0.717, 1.165) is 56.9 Å². The number of likely N-dealkylation sites (tertiary alicyclic amines) is 2. The average molecular weight is 809 g/mol. The lowest BCUT2D eigenvalue weighted by atomic mass is 9.92. The minimum Gasteiger partial charge on any atom is -0.371 e. The third kappa shape index (κ3) is 8.95. The van der Waals surface area contributed by atoms with Crippen LogP contribution in [0.25, 0.3) is 21.8 Å². The zero-order valence-corrected chi connectivity index (χ0v) is 33.7. The van der Waals surface area contributed by atoms with E-state index in [1.54, 1.807) is 36.7 Å². The van der Waals surface area contributed by atoms with Crippen molar-refractivity contribution in [2.45, 2.75) is 75.7 Å². The van der Waals surface area contributed by atoms with Crippen LogP contribution in [0.1, 0.15) is 97.9 Å². The zero-order chi connectivity index (χ0) is 41.0. The molecule has 0 spiro atoms. The zero-order valence-electron chi connectivity index (χ0n) is 33.7. The molecule has 10 heteroatoms. The maximum atomic E-state index is 13.7. The Morgan fingerprint density at radius 3 is 1.32 bits per heavy atom. The van der Waals surface area contributed by atoms with Gasteiger partial charge in [-0.05, 0) is 97.9 Å². The second-order valence-corrected chi connectivity index (χ2v) is 16.6. The number of fused-ring (bicyclic) bond motifs is 2. The molecule has 4 heterocycles. The maximum absolute atomic E-state index is 13.7. The Morgan fingerprint density at radius 2 is 0.950 bits per heavy atom. The molecule has 4 aliphatic rings. The number of benzene rings is 4. The quantitative estimate of drug-likeness (QED) is 0.109. The van der Waals surface area contributed by atoms with Gasteiger partial charge in [0, 0.05) is 60.2 Å². The summed E-state index contributed by atoms with van der Waals surface area (Å²) in [6.45, 7) is 2.69. The Morgan fingerprint density at radius 1 is 0.550 bits per heavy atom. The molecular weight excluding hydrogens is 759 g/mol. The standard InChI is InChI=1S/2C25H25FN2O2/c2*26-20-12-10-19(11-13-20)25(30-16-17-8-9-17)24(28-15-3-7-22(28)29)21-6-1-4-18-5-2-14-27-23(18)21/h2*1-2,4-6,10-14,17,24-25H,3,7-9,15-16H2/t2*24-,25+/m10/s1. The Labute approximate surface area is 349 Å². The molecule has 60 heavy (non-hydrogen) atoms. The third-order valence-corrected chi connectivity index (χ3v) is 12.2. The van der Waals surface area contributed by atoms with Crippen LogP contribution in [0.3, 0.4) is 0 Å². The number of hydrogen-bond acceptors (Lipinski definition) is 6. The predicted molar refractivity (Wildman–Crippen MR) is 226 cm³/mol. The highest BCUT2D eigenvalue weighted by Gasteiger charge is 2.40. The summed E-state index contributed by atoms with van der Waals surface area (Å²) in [5.41, 5.74) is 5.49. The van der Waals surface area contributed by atoms with E-state index in [2.05, 4.69) is 9.97 Å². The number of hydrogen-bond donors (Lipinski definition) is 0. The van der Waals surface area contributed by atoms with Crippen LogP contribution in [0, 0.1) is 23.5 Å². The fraction of sp³-hybridized carbons (Fsp3) is 0.360. The lowest BCUT2D eigenvalue weighted by molar-refractivity contribution is -0.134. The van der Waals surface area contributed by atoms with Crippen LogP contribution in [-0.2, 0) is 19.1 Å². The van der Waals surface area contributed by atoms with Gasteiger partial charge in [0.05, 0.1) is 36.3 Å². The van der Waals surface area contributed by atoms with Gasteiger partial charge >= 0.3 is 0 Å². The molecule has 308 valence electrons. The third-order valence-electron chi connectivity index (χ3n) is 12.2. The first kappa shape index (κ1) is 39.9. The van der Waals surface area contributed by atoms with Gasteiger partial charge in [-0.25, -0.2) is 8.78 Å². The fourth-order valence-electron chi connectivity index (χ4n) is 8.74. The van der Waals surface area contributed by atoms with Crippen molar-refractivity contribution in [1.82, 2.24) is 19.8 Å². The molecule has 4 atom stereocenters. The summed E-state index contributed by atoms with van der Waals surface area (Å²) in [5, 5.41) is 2.07. The monoisotopic (exact) mass is 808 g/mol. The molecule has 4 fully saturated rings. The number of amides is 2. The van der Waals surface area contributed by atoms with E-state index in [4.69, 9.17) is 9.47 Å². The van der Waals surface area contributed by atoms with Gasteiger partial charge in [0.2, 0.25) is 11.8 Å². The number of pyridine rings is 2. The van der Waals surface area contributed by atoms with Crippen molar-refractivity contribution in [2.75, 3.05) is 26.3 Å². The van der Waals surface area contributed by atoms with Gasteiger partial charge in [0.15, 0.2) is 0 Å². The largest absolute Gasteiger partial charge is 0.371 e. The molecule has 0 radical (unpaired) electrons. The van der Waals surface area contributed by atoms with Crippen LogP contribution < -0.4 is 0 Å². The lowest BCUT2D eigenvalue weighted by Crippen LogP contribution is -2.35. The SMILES string of the molecule is O=C1CCCN1[C@@H](c1cccc2cccnc12)[C@H](OCC1CC1)c1ccc(F)cc1.O=C1CCCN1[C@H](c1cccc2cccnc12)[C@@H](OCC1CC1)c1ccc(F)cc1. The van der Waals surface area contributed by atoms with Crippen LogP contribution in [-0.4, -0.2) is 57.9 Å². The second kappa shape index (κ2) is 18.0. The summed E-state index contributed by atoms with van der Waals surface area (Å²) in [7, 11) is 0. The van der Waals surface area contributed by atoms with E-state index in [-0.39, 0.29) is 47.7 Å². The highest BCUT2D eigenvalue weighted by atomic mass is 19.1. The maximum Gasteiger partial charge on any atom is 0.223 e. The topological polar surface area (TPSA) is 84.9 Å². The molecule has 2 aliphatic carbocycles. The highest BCUT2D eigenvalue weighted by Crippen LogP contribution is 2.45. The highest BCUT2D eigenvalue weighted by molar-refractivity contribution is 5.85. The minimum absolute atomic E-state index is 0.134. The van der Waals surface area contributed by atoms with E-state index in [1.807, 2.05) is 70.5 Å². The molecular formula is C50H50F2N4O4. The first-order valence-electron chi connectivity index (χ1n) is 21.4. The van der Waals surface area contributed by atoms with Crippen molar-refractivity contribution in [3.05, 3.63) is 155 Å². The first-order chi connectivity index (χ1) is 29.4. The fourth-order valence-corrected chi connectivity index (χ4v) is 8.74. The van der Waals surface area contributed by atoms with Crippen LogP contribution in [0.4, 0.5) is 8.78 Å². The Kier molecular flexibility index (Phi) is 11.9. The molecule has 0 N–H and O–H groups in total. The van der Waals surface area contributed by atoms with Crippen molar-refractivity contribution in [2.24, 2.45) is 11.8 Å². The molecule has 2 saturated heterocycles. The minimum atomic E-state index is -0.374. The Bertz CT molecular complexity index is 2260. The van der Waals surface area contributed by atoms with Crippen LogP contribution in [0.15, 0.2) is 122 Å². The number of para-hydroxylation sites is 2. The Balaban J connectivity index is 0.000000154. The van der Waals surface area contributed by atoms with Crippen molar-refractivity contribution in [1.29, 1.82) is 0 Å². The molecule has 10 rings (SSSR count). The van der Waals surface area contributed by atoms with E-state index >= 15 is 0 Å². The molecule has 0 bridgehead atoms. The number of rotatable bonds is 14. The van der Waals surface area contributed by atoms with E-state index in [0.29, 0.717) is 51.0 Å². The molecule has 6 aromatic rings. The van der Waals surface area contributed by atoms with E-state index in [9.17, 15) is 18.4 Å². The predicted octanol–water partition coefficient (Wildman–Crippen LogP) is 10.4.